The van der Waals surface area contributed by atoms with Gasteiger partial charge in [0.05, 0.1) is 15.6 Å². The lowest BCUT2D eigenvalue weighted by atomic mass is 9.79. The van der Waals surface area contributed by atoms with Crippen LogP contribution in [0.1, 0.15) is 36.3 Å². The van der Waals surface area contributed by atoms with Gasteiger partial charge in [-0.2, -0.15) is 13.2 Å². The summed E-state index contributed by atoms with van der Waals surface area (Å²) in [7, 11) is -0.754. The van der Waals surface area contributed by atoms with E-state index in [1.807, 2.05) is 4.90 Å². The number of hydrogen-bond donors (Lipinski definition) is 1. The van der Waals surface area contributed by atoms with Crippen LogP contribution in [0.25, 0.3) is 0 Å². The number of halogens is 6. The Hall–Kier alpha value is -2.67. The molecule has 3 atom stereocenters. The van der Waals surface area contributed by atoms with Crippen molar-refractivity contribution in [3.05, 3.63) is 75.9 Å². The number of anilines is 1. The van der Waals surface area contributed by atoms with Crippen molar-refractivity contribution in [3.8, 4) is 5.75 Å². The van der Waals surface area contributed by atoms with Gasteiger partial charge in [0.15, 0.2) is 0 Å². The fourth-order valence-electron chi connectivity index (χ4n) is 4.68. The van der Waals surface area contributed by atoms with Gasteiger partial charge >= 0.3 is 6.18 Å². The first-order valence-electron chi connectivity index (χ1n) is 11.7. The summed E-state index contributed by atoms with van der Waals surface area (Å²) in [5.41, 5.74) is -0.473. The SMILES string of the molecule is CN(C)[C@H]1C[C@@H](c2cccc(C(F)(F)F)c2Cl)CC[C@@H]1Oc1cc(F)c(S(=O)(=O)Nc2ccncn2)cc1Cl. The van der Waals surface area contributed by atoms with Crippen molar-refractivity contribution in [3.63, 3.8) is 0 Å². The van der Waals surface area contributed by atoms with Gasteiger partial charge < -0.3 is 9.64 Å². The molecule has 39 heavy (non-hydrogen) atoms. The molecule has 4 rings (SSSR count). The van der Waals surface area contributed by atoms with Crippen molar-refractivity contribution >= 4 is 39.0 Å². The minimum Gasteiger partial charge on any atom is -0.487 e. The standard InChI is InChI=1S/C25H24Cl2F4N4O3S/c1-35(2)19-10-14(15-4-3-5-16(24(15)27)25(29,30)31)6-7-20(19)38-21-12-18(28)22(11-17(21)26)39(36,37)34-23-8-9-32-13-33-23/h3-5,8-9,11-14,19-20H,6-7,10H2,1-2H3,(H,32,33,34)/t14-,19-,20-/m0/s1. The summed E-state index contributed by atoms with van der Waals surface area (Å²) in [6.07, 6.45) is -1.32. The molecule has 0 saturated heterocycles. The van der Waals surface area contributed by atoms with Crippen molar-refractivity contribution in [2.24, 2.45) is 0 Å². The van der Waals surface area contributed by atoms with Gasteiger partial charge in [-0.25, -0.2) is 22.8 Å². The van der Waals surface area contributed by atoms with E-state index < -0.39 is 38.6 Å². The Morgan fingerprint density at radius 2 is 1.87 bits per heavy atom. The smallest absolute Gasteiger partial charge is 0.417 e. The molecule has 1 aromatic heterocycles. The van der Waals surface area contributed by atoms with Gasteiger partial charge in [0.25, 0.3) is 10.0 Å². The number of rotatable bonds is 7. The van der Waals surface area contributed by atoms with E-state index in [0.29, 0.717) is 24.8 Å². The molecule has 1 aliphatic carbocycles. The third-order valence-corrected chi connectivity index (χ3v) is 8.65. The lowest BCUT2D eigenvalue weighted by Crippen LogP contribution is -2.46. The fourth-order valence-corrected chi connectivity index (χ4v) is 6.43. The Morgan fingerprint density at radius 3 is 2.51 bits per heavy atom. The number of ether oxygens (including phenoxy) is 1. The number of hydrogen-bond acceptors (Lipinski definition) is 6. The Morgan fingerprint density at radius 1 is 1.13 bits per heavy atom. The Bertz CT molecular complexity index is 1440. The summed E-state index contributed by atoms with van der Waals surface area (Å²) in [5, 5.41) is -0.440. The second-order valence-electron chi connectivity index (χ2n) is 9.32. The molecular formula is C25H24Cl2F4N4O3S. The first-order chi connectivity index (χ1) is 18.3. The number of nitrogens with zero attached hydrogens (tertiary/aromatic N) is 3. The molecule has 2 aromatic carbocycles. The predicted octanol–water partition coefficient (Wildman–Crippen LogP) is 6.39. The summed E-state index contributed by atoms with van der Waals surface area (Å²) in [6.45, 7) is 0. The molecular weight excluding hydrogens is 583 g/mol. The third kappa shape index (κ3) is 6.56. The third-order valence-electron chi connectivity index (χ3n) is 6.57. The van der Waals surface area contributed by atoms with Crippen LogP contribution >= 0.6 is 23.2 Å². The van der Waals surface area contributed by atoms with Gasteiger partial charge in [0, 0.05) is 18.3 Å². The maximum absolute atomic E-state index is 15.0. The van der Waals surface area contributed by atoms with E-state index in [0.717, 1.165) is 24.5 Å². The highest BCUT2D eigenvalue weighted by Crippen LogP contribution is 2.44. The second-order valence-corrected chi connectivity index (χ2v) is 11.8. The Kier molecular flexibility index (Phi) is 8.60. The first kappa shape index (κ1) is 29.3. The Balaban J connectivity index is 1.55. The maximum atomic E-state index is 15.0. The highest BCUT2D eigenvalue weighted by atomic mass is 35.5. The number of likely N-dealkylation sites (N-methyl/N-ethyl adjacent to an activating group) is 1. The molecule has 1 fully saturated rings. The quantitative estimate of drug-likeness (QED) is 0.314. The summed E-state index contributed by atoms with van der Waals surface area (Å²) < 4.78 is 88.8. The highest BCUT2D eigenvalue weighted by Gasteiger charge is 2.38. The summed E-state index contributed by atoms with van der Waals surface area (Å²) in [4.78, 5) is 8.63. The van der Waals surface area contributed by atoms with Crippen LogP contribution in [0.5, 0.6) is 5.75 Å². The van der Waals surface area contributed by atoms with Crippen LogP contribution in [0.3, 0.4) is 0 Å². The zero-order valence-electron chi connectivity index (χ0n) is 20.7. The molecule has 14 heteroatoms. The van der Waals surface area contributed by atoms with Crippen LogP contribution in [-0.4, -0.2) is 49.5 Å². The van der Waals surface area contributed by atoms with Gasteiger partial charge in [-0.15, -0.1) is 0 Å². The monoisotopic (exact) mass is 606 g/mol. The van der Waals surface area contributed by atoms with E-state index in [2.05, 4.69) is 14.7 Å². The number of alkyl halides is 3. The topological polar surface area (TPSA) is 84.4 Å². The molecule has 210 valence electrons. The van der Waals surface area contributed by atoms with Crippen LogP contribution < -0.4 is 9.46 Å². The first-order valence-corrected chi connectivity index (χ1v) is 14.0. The number of nitrogens with one attached hydrogen (secondary N) is 1. The largest absolute Gasteiger partial charge is 0.487 e. The molecule has 3 aromatic rings. The van der Waals surface area contributed by atoms with Crippen LogP contribution in [0.4, 0.5) is 23.4 Å². The van der Waals surface area contributed by atoms with E-state index in [1.54, 1.807) is 20.2 Å². The van der Waals surface area contributed by atoms with Crippen LogP contribution in [0.15, 0.2) is 53.8 Å². The molecule has 0 aliphatic heterocycles. The molecule has 0 amide bonds. The van der Waals surface area contributed by atoms with Gasteiger partial charge in [-0.1, -0.05) is 35.3 Å². The van der Waals surface area contributed by atoms with E-state index >= 15 is 0 Å². The van der Waals surface area contributed by atoms with Gasteiger partial charge in [0.2, 0.25) is 0 Å². The Labute approximate surface area is 233 Å². The zero-order valence-corrected chi connectivity index (χ0v) is 23.0. The molecule has 7 nitrogen and oxygen atoms in total. The average Bonchev–Trinajstić information content (AvgIpc) is 2.86. The van der Waals surface area contributed by atoms with Crippen LogP contribution in [0.2, 0.25) is 10.0 Å². The molecule has 0 unspecified atom stereocenters. The van der Waals surface area contributed by atoms with E-state index in [-0.39, 0.29) is 33.6 Å². The number of benzene rings is 2. The second kappa shape index (κ2) is 11.4. The number of sulfonamides is 1. The summed E-state index contributed by atoms with van der Waals surface area (Å²) >= 11 is 12.5. The lowest BCUT2D eigenvalue weighted by Gasteiger charge is -2.40. The van der Waals surface area contributed by atoms with Crippen LogP contribution in [0, 0.1) is 5.82 Å². The zero-order chi connectivity index (χ0) is 28.5. The van der Waals surface area contributed by atoms with Crippen molar-refractivity contribution in [2.45, 2.75) is 48.4 Å². The van der Waals surface area contributed by atoms with E-state index in [1.165, 1.54) is 18.3 Å². The summed E-state index contributed by atoms with van der Waals surface area (Å²) in [6, 6.07) is 6.77. The van der Waals surface area contributed by atoms with Gasteiger partial charge in [-0.3, -0.25) is 4.72 Å². The fraction of sp³-hybridized carbons (Fsp3) is 0.360. The van der Waals surface area contributed by atoms with Crippen molar-refractivity contribution < 1.29 is 30.7 Å². The minimum atomic E-state index is -4.57. The minimum absolute atomic E-state index is 0.0488. The van der Waals surface area contributed by atoms with Gasteiger partial charge in [0.1, 0.15) is 34.7 Å². The molecule has 0 spiro atoms. The molecule has 1 heterocycles. The molecule has 0 bridgehead atoms. The molecule has 1 saturated carbocycles. The van der Waals surface area contributed by atoms with Crippen molar-refractivity contribution in [1.29, 1.82) is 0 Å². The summed E-state index contributed by atoms with van der Waals surface area (Å²) in [5.74, 6) is -1.45. The maximum Gasteiger partial charge on any atom is 0.417 e. The molecule has 0 radical (unpaired) electrons. The lowest BCUT2D eigenvalue weighted by molar-refractivity contribution is -0.137. The normalized spacial score (nSPS) is 20.2. The van der Waals surface area contributed by atoms with Gasteiger partial charge in [-0.05, 0) is 63.0 Å². The van der Waals surface area contributed by atoms with Crippen molar-refractivity contribution in [1.82, 2.24) is 14.9 Å². The highest BCUT2D eigenvalue weighted by molar-refractivity contribution is 7.92. The number of aromatic nitrogens is 2. The van der Waals surface area contributed by atoms with Crippen molar-refractivity contribution in [2.75, 3.05) is 18.8 Å². The van der Waals surface area contributed by atoms with E-state index in [4.69, 9.17) is 27.9 Å². The van der Waals surface area contributed by atoms with E-state index in [9.17, 15) is 26.0 Å². The van der Waals surface area contributed by atoms with Crippen LogP contribution in [-0.2, 0) is 16.2 Å². The predicted molar refractivity (Wildman–Crippen MR) is 139 cm³/mol. The molecule has 1 N–H and O–H groups in total. The molecule has 1 aliphatic rings. The average molecular weight is 607 g/mol.